The molecule has 150 valence electrons. The molecule has 0 unspecified atom stereocenters. The minimum absolute atomic E-state index is 0.0239. The maximum absolute atomic E-state index is 12.3. The molecule has 27 heavy (non-hydrogen) atoms. The van der Waals surface area contributed by atoms with Gasteiger partial charge >= 0.3 is 6.03 Å². The highest BCUT2D eigenvalue weighted by atomic mass is 16.2. The Morgan fingerprint density at radius 1 is 1.15 bits per heavy atom. The predicted octanol–water partition coefficient (Wildman–Crippen LogP) is 3.91. The first kappa shape index (κ1) is 21.2. The summed E-state index contributed by atoms with van der Waals surface area (Å²) in [5.74, 6) is 0.587. The van der Waals surface area contributed by atoms with Gasteiger partial charge in [0.1, 0.15) is 0 Å². The topological polar surface area (TPSA) is 73.5 Å². The van der Waals surface area contributed by atoms with E-state index in [1.165, 1.54) is 12.8 Å². The maximum atomic E-state index is 12.3. The van der Waals surface area contributed by atoms with Crippen LogP contribution in [0.25, 0.3) is 0 Å². The number of carbonyl (C=O) groups is 2. The van der Waals surface area contributed by atoms with Gasteiger partial charge in [-0.2, -0.15) is 0 Å². The zero-order chi connectivity index (χ0) is 20.0. The van der Waals surface area contributed by atoms with Crippen molar-refractivity contribution in [1.82, 2.24) is 10.2 Å². The van der Waals surface area contributed by atoms with Crippen LogP contribution in [0.1, 0.15) is 46.5 Å². The van der Waals surface area contributed by atoms with Gasteiger partial charge in [0.2, 0.25) is 5.91 Å². The van der Waals surface area contributed by atoms with E-state index in [1.54, 1.807) is 24.3 Å². The van der Waals surface area contributed by atoms with Crippen molar-refractivity contribution in [3.8, 4) is 0 Å². The van der Waals surface area contributed by atoms with Gasteiger partial charge in [0.05, 0.1) is 0 Å². The summed E-state index contributed by atoms with van der Waals surface area (Å²) < 4.78 is 0. The van der Waals surface area contributed by atoms with Crippen LogP contribution in [0.2, 0.25) is 0 Å². The van der Waals surface area contributed by atoms with Crippen molar-refractivity contribution in [3.63, 3.8) is 0 Å². The normalized spacial score (nSPS) is 22.6. The largest absolute Gasteiger partial charge is 0.336 e. The fraction of sp³-hybridized carbons (Fsp3) is 0.619. The molecule has 0 saturated heterocycles. The molecule has 3 N–H and O–H groups in total. The molecule has 0 spiro atoms. The molecular formula is C21H34N4O2. The summed E-state index contributed by atoms with van der Waals surface area (Å²) in [5, 5.41) is 8.75. The van der Waals surface area contributed by atoms with Crippen molar-refractivity contribution in [2.75, 3.05) is 31.3 Å². The van der Waals surface area contributed by atoms with E-state index in [9.17, 15) is 9.59 Å². The lowest BCUT2D eigenvalue weighted by atomic mass is 9.75. The van der Waals surface area contributed by atoms with Crippen LogP contribution in [0.4, 0.5) is 16.2 Å². The molecular weight excluding hydrogens is 340 g/mol. The summed E-state index contributed by atoms with van der Waals surface area (Å²) in [7, 11) is 4.20. The van der Waals surface area contributed by atoms with Crippen molar-refractivity contribution in [1.29, 1.82) is 0 Å². The average Bonchev–Trinajstić information content (AvgIpc) is 2.61. The number of carbonyl (C=O) groups excluding carboxylic acids is 2. The average molecular weight is 375 g/mol. The second-order valence-electron chi connectivity index (χ2n) is 8.35. The summed E-state index contributed by atoms with van der Waals surface area (Å²) in [6, 6.07) is 6.97. The minimum atomic E-state index is -0.201. The Labute approximate surface area is 163 Å². The second-order valence-corrected chi connectivity index (χ2v) is 8.35. The molecule has 1 aromatic rings. The first-order valence-corrected chi connectivity index (χ1v) is 9.85. The number of likely N-dealkylation sites (N-methyl/N-ethyl adjacent to an activating group) is 1. The Morgan fingerprint density at radius 2 is 1.74 bits per heavy atom. The van der Waals surface area contributed by atoms with Crippen LogP contribution in [0.3, 0.4) is 0 Å². The number of benzene rings is 1. The molecule has 6 nitrogen and oxygen atoms in total. The molecule has 0 aromatic heterocycles. The molecule has 1 saturated carbocycles. The number of hydrogen-bond donors (Lipinski definition) is 3. The van der Waals surface area contributed by atoms with Gasteiger partial charge < -0.3 is 20.9 Å². The van der Waals surface area contributed by atoms with Gasteiger partial charge in [0.15, 0.2) is 0 Å². The van der Waals surface area contributed by atoms with Crippen LogP contribution in [-0.4, -0.2) is 43.0 Å². The van der Waals surface area contributed by atoms with Crippen molar-refractivity contribution >= 4 is 23.3 Å². The molecule has 6 heteroatoms. The Hall–Kier alpha value is -2.08. The molecule has 1 fully saturated rings. The van der Waals surface area contributed by atoms with Gasteiger partial charge in [-0.1, -0.05) is 33.6 Å². The van der Waals surface area contributed by atoms with Crippen molar-refractivity contribution in [2.24, 2.45) is 11.8 Å². The van der Waals surface area contributed by atoms with Crippen LogP contribution in [0.15, 0.2) is 24.3 Å². The third-order valence-electron chi connectivity index (χ3n) is 5.53. The fourth-order valence-corrected chi connectivity index (χ4v) is 3.70. The molecule has 3 amide bonds. The lowest BCUT2D eigenvalue weighted by Crippen LogP contribution is -2.55. The highest BCUT2D eigenvalue weighted by molar-refractivity contribution is 5.93. The number of hydrogen-bond acceptors (Lipinski definition) is 3. The first-order chi connectivity index (χ1) is 12.7. The third kappa shape index (κ3) is 5.96. The molecule has 2 atom stereocenters. The standard InChI is InChI=1S/C21H34N4O2/c1-15(2)19(26)23-17-8-10-18(11-9-17)24-20(27)22-14-21(25(4)5)12-6-7-16(3)13-21/h8-11,15-16H,6-7,12-14H2,1-5H3,(H,23,26)(H2,22,24,27)/t16-,21+/m0/s1. The van der Waals surface area contributed by atoms with E-state index in [2.05, 4.69) is 41.9 Å². The van der Waals surface area contributed by atoms with Crippen LogP contribution >= 0.6 is 0 Å². The van der Waals surface area contributed by atoms with Crippen molar-refractivity contribution in [2.45, 2.75) is 52.0 Å². The van der Waals surface area contributed by atoms with Crippen LogP contribution in [0, 0.1) is 11.8 Å². The zero-order valence-corrected chi connectivity index (χ0v) is 17.3. The van der Waals surface area contributed by atoms with Gasteiger partial charge in [-0.15, -0.1) is 0 Å². The summed E-state index contributed by atoms with van der Waals surface area (Å²) >= 11 is 0. The van der Waals surface area contributed by atoms with E-state index in [1.807, 2.05) is 13.8 Å². The minimum Gasteiger partial charge on any atom is -0.336 e. The van der Waals surface area contributed by atoms with E-state index in [0.717, 1.165) is 18.5 Å². The monoisotopic (exact) mass is 374 g/mol. The molecule has 0 bridgehead atoms. The molecule has 1 aliphatic rings. The lowest BCUT2D eigenvalue weighted by Gasteiger charge is -2.45. The van der Waals surface area contributed by atoms with Crippen LogP contribution in [-0.2, 0) is 4.79 Å². The van der Waals surface area contributed by atoms with Gasteiger partial charge in [-0.05, 0) is 57.1 Å². The molecule has 0 radical (unpaired) electrons. The van der Waals surface area contributed by atoms with E-state index in [4.69, 9.17) is 0 Å². The third-order valence-corrected chi connectivity index (χ3v) is 5.53. The quantitative estimate of drug-likeness (QED) is 0.707. The van der Waals surface area contributed by atoms with E-state index in [0.29, 0.717) is 18.2 Å². The Balaban J connectivity index is 1.88. The van der Waals surface area contributed by atoms with E-state index in [-0.39, 0.29) is 23.4 Å². The SMILES string of the molecule is CC(C)C(=O)Nc1ccc(NC(=O)NC[C@@]2(N(C)C)CCC[C@H](C)C2)cc1. The van der Waals surface area contributed by atoms with Gasteiger partial charge in [0.25, 0.3) is 0 Å². The number of rotatable bonds is 6. The summed E-state index contributed by atoms with van der Waals surface area (Å²) in [5.41, 5.74) is 1.45. The molecule has 0 aliphatic heterocycles. The first-order valence-electron chi connectivity index (χ1n) is 9.85. The Kier molecular flexibility index (Phi) is 7.25. The highest BCUT2D eigenvalue weighted by Crippen LogP contribution is 2.35. The van der Waals surface area contributed by atoms with Gasteiger partial charge in [-0.3, -0.25) is 4.79 Å². The molecule has 0 heterocycles. The predicted molar refractivity (Wildman–Crippen MR) is 111 cm³/mol. The molecule has 1 aliphatic carbocycles. The van der Waals surface area contributed by atoms with Gasteiger partial charge in [0, 0.05) is 29.4 Å². The zero-order valence-electron chi connectivity index (χ0n) is 17.3. The summed E-state index contributed by atoms with van der Waals surface area (Å²) in [6.45, 7) is 6.63. The van der Waals surface area contributed by atoms with Gasteiger partial charge in [-0.25, -0.2) is 4.79 Å². The van der Waals surface area contributed by atoms with E-state index >= 15 is 0 Å². The van der Waals surface area contributed by atoms with Crippen molar-refractivity contribution in [3.05, 3.63) is 24.3 Å². The number of urea groups is 1. The highest BCUT2D eigenvalue weighted by Gasteiger charge is 2.37. The molecule has 1 aromatic carbocycles. The Morgan fingerprint density at radius 3 is 2.26 bits per heavy atom. The molecule has 2 rings (SSSR count). The van der Waals surface area contributed by atoms with Crippen molar-refractivity contribution < 1.29 is 9.59 Å². The second kappa shape index (κ2) is 9.22. The summed E-state index contributed by atoms with van der Waals surface area (Å²) in [6.07, 6.45) is 4.67. The van der Waals surface area contributed by atoms with Crippen LogP contribution < -0.4 is 16.0 Å². The lowest BCUT2D eigenvalue weighted by molar-refractivity contribution is -0.118. The Bertz CT molecular complexity index is 642. The maximum Gasteiger partial charge on any atom is 0.319 e. The fourth-order valence-electron chi connectivity index (χ4n) is 3.70. The number of amides is 3. The number of anilines is 2. The van der Waals surface area contributed by atoms with Crippen LogP contribution in [0.5, 0.6) is 0 Å². The summed E-state index contributed by atoms with van der Waals surface area (Å²) in [4.78, 5) is 26.3. The smallest absolute Gasteiger partial charge is 0.319 e. The van der Waals surface area contributed by atoms with E-state index < -0.39 is 0 Å². The number of nitrogens with one attached hydrogen (secondary N) is 3. The number of nitrogens with zero attached hydrogens (tertiary/aromatic N) is 1.